The van der Waals surface area contributed by atoms with Crippen molar-refractivity contribution >= 4 is 17.9 Å². The molecule has 6 nitrogen and oxygen atoms in total. The maximum absolute atomic E-state index is 13.7. The molecular weight excluding hydrogens is 361 g/mol. The highest BCUT2D eigenvalue weighted by Gasteiger charge is 2.12. The normalized spacial score (nSPS) is 10.6. The number of halogens is 1. The van der Waals surface area contributed by atoms with E-state index in [2.05, 4.69) is 10.9 Å². The van der Waals surface area contributed by atoms with E-state index >= 15 is 0 Å². The molecule has 7 heteroatoms. The predicted molar refractivity (Wildman–Crippen MR) is 103 cm³/mol. The van der Waals surface area contributed by atoms with Crippen molar-refractivity contribution in [1.82, 2.24) is 15.4 Å². The first-order valence-electron chi connectivity index (χ1n) is 8.43. The van der Waals surface area contributed by atoms with Gasteiger partial charge in [0.05, 0.1) is 18.4 Å². The highest BCUT2D eigenvalue weighted by molar-refractivity contribution is 6.00. The molecule has 0 saturated carbocycles. The quantitative estimate of drug-likeness (QED) is 0.529. The molecule has 2 amide bonds. The Bertz CT molecular complexity index is 1010. The molecule has 0 atom stereocenters. The second-order valence-electron chi connectivity index (χ2n) is 5.78. The number of ether oxygens (including phenoxy) is 1. The number of para-hydroxylation sites is 1. The van der Waals surface area contributed by atoms with Gasteiger partial charge in [0, 0.05) is 18.5 Å². The van der Waals surface area contributed by atoms with Gasteiger partial charge in [0.2, 0.25) is 0 Å². The summed E-state index contributed by atoms with van der Waals surface area (Å²) in [5.74, 6) is -1.42. The van der Waals surface area contributed by atoms with Crippen LogP contribution in [0.3, 0.4) is 0 Å². The van der Waals surface area contributed by atoms with Crippen LogP contribution in [0.1, 0.15) is 15.9 Å². The minimum absolute atomic E-state index is 0.121. The topological polar surface area (TPSA) is 72.4 Å². The molecule has 0 aliphatic heterocycles. The van der Waals surface area contributed by atoms with Crippen molar-refractivity contribution in [2.45, 2.75) is 0 Å². The maximum Gasteiger partial charge on any atom is 0.271 e. The summed E-state index contributed by atoms with van der Waals surface area (Å²) in [7, 11) is 1.37. The Morgan fingerprint density at radius 2 is 1.79 bits per heavy atom. The number of nitrogens with zero attached hydrogens (tertiary/aromatic N) is 1. The van der Waals surface area contributed by atoms with Crippen molar-refractivity contribution in [3.63, 3.8) is 0 Å². The van der Waals surface area contributed by atoms with Gasteiger partial charge in [-0.05, 0) is 48.0 Å². The van der Waals surface area contributed by atoms with E-state index in [1.807, 2.05) is 30.6 Å². The average molecular weight is 379 g/mol. The summed E-state index contributed by atoms with van der Waals surface area (Å²) < 4.78 is 20.3. The van der Waals surface area contributed by atoms with Crippen molar-refractivity contribution in [2.24, 2.45) is 0 Å². The minimum Gasteiger partial charge on any atom is -0.494 e. The van der Waals surface area contributed by atoms with Crippen LogP contribution >= 0.6 is 0 Å². The maximum atomic E-state index is 13.7. The number of carbonyl (C=O) groups is 2. The average Bonchev–Trinajstić information content (AvgIpc) is 3.25. The van der Waals surface area contributed by atoms with Crippen LogP contribution in [0.5, 0.6) is 5.75 Å². The molecule has 0 bridgehead atoms. The highest BCUT2D eigenvalue weighted by atomic mass is 19.1. The van der Waals surface area contributed by atoms with Gasteiger partial charge < -0.3 is 9.30 Å². The molecule has 0 aliphatic rings. The Morgan fingerprint density at radius 1 is 1.04 bits per heavy atom. The number of hydrogen-bond acceptors (Lipinski definition) is 3. The molecule has 0 saturated heterocycles. The zero-order valence-corrected chi connectivity index (χ0v) is 15.1. The lowest BCUT2D eigenvalue weighted by atomic mass is 10.1. The number of benzene rings is 2. The van der Waals surface area contributed by atoms with Crippen LogP contribution in [0.4, 0.5) is 4.39 Å². The highest BCUT2D eigenvalue weighted by Crippen LogP contribution is 2.18. The van der Waals surface area contributed by atoms with Gasteiger partial charge in [-0.15, -0.1) is 0 Å². The lowest BCUT2D eigenvalue weighted by Gasteiger charge is -2.11. The number of carbonyl (C=O) groups excluding carboxylic acids is 2. The molecule has 0 radical (unpaired) electrons. The number of methoxy groups -OCH3 is 1. The largest absolute Gasteiger partial charge is 0.494 e. The first-order chi connectivity index (χ1) is 13.6. The molecule has 0 fully saturated rings. The summed E-state index contributed by atoms with van der Waals surface area (Å²) in [5, 5.41) is 0. The number of aromatic nitrogens is 1. The van der Waals surface area contributed by atoms with Crippen LogP contribution in [-0.4, -0.2) is 23.5 Å². The van der Waals surface area contributed by atoms with E-state index in [1.54, 1.807) is 28.8 Å². The molecule has 0 aliphatic carbocycles. The van der Waals surface area contributed by atoms with E-state index in [4.69, 9.17) is 4.74 Å². The van der Waals surface area contributed by atoms with Crippen LogP contribution in [-0.2, 0) is 4.79 Å². The number of hydrogen-bond donors (Lipinski definition) is 2. The van der Waals surface area contributed by atoms with E-state index in [0.29, 0.717) is 16.8 Å². The molecule has 3 aromatic rings. The van der Waals surface area contributed by atoms with Gasteiger partial charge in [-0.2, -0.15) is 0 Å². The van der Waals surface area contributed by atoms with E-state index in [0.717, 1.165) is 0 Å². The lowest BCUT2D eigenvalue weighted by Crippen LogP contribution is -2.41. The van der Waals surface area contributed by atoms with E-state index in [-0.39, 0.29) is 5.75 Å². The molecule has 1 aromatic heterocycles. The standard InChI is InChI=1S/C21H18FN3O3/c1-28-19-10-8-15(14-17(19)22)9-11-20(26)23-24-21(27)16-6-2-3-7-18(16)25-12-4-5-13-25/h2-14H,1H3,(H,23,26)(H,24,27)/b11-9+. The summed E-state index contributed by atoms with van der Waals surface area (Å²) >= 11 is 0. The molecular formula is C21H18FN3O3. The number of nitrogens with one attached hydrogen (secondary N) is 2. The van der Waals surface area contributed by atoms with Crippen molar-refractivity contribution < 1.29 is 18.7 Å². The van der Waals surface area contributed by atoms with E-state index in [9.17, 15) is 14.0 Å². The van der Waals surface area contributed by atoms with Gasteiger partial charge in [-0.3, -0.25) is 20.4 Å². The van der Waals surface area contributed by atoms with Gasteiger partial charge in [-0.1, -0.05) is 18.2 Å². The molecule has 0 spiro atoms. The Kier molecular flexibility index (Phi) is 5.86. The minimum atomic E-state index is -0.553. The first-order valence-corrected chi connectivity index (χ1v) is 8.43. The molecule has 1 heterocycles. The Labute approximate surface area is 161 Å². The summed E-state index contributed by atoms with van der Waals surface area (Å²) in [4.78, 5) is 24.4. The predicted octanol–water partition coefficient (Wildman–Crippen LogP) is 3.10. The van der Waals surface area contributed by atoms with E-state index < -0.39 is 17.6 Å². The van der Waals surface area contributed by atoms with Crippen LogP contribution in [0.2, 0.25) is 0 Å². The monoisotopic (exact) mass is 379 g/mol. The zero-order chi connectivity index (χ0) is 19.9. The van der Waals surface area contributed by atoms with Crippen LogP contribution in [0.15, 0.2) is 73.1 Å². The Balaban J connectivity index is 1.62. The Morgan fingerprint density at radius 3 is 2.50 bits per heavy atom. The second kappa shape index (κ2) is 8.68. The van der Waals surface area contributed by atoms with Crippen molar-refractivity contribution in [2.75, 3.05) is 7.11 Å². The second-order valence-corrected chi connectivity index (χ2v) is 5.78. The van der Waals surface area contributed by atoms with E-state index in [1.165, 1.54) is 31.4 Å². The number of amides is 2. The molecule has 2 N–H and O–H groups in total. The number of hydrazine groups is 1. The van der Waals surface area contributed by atoms with Gasteiger partial charge in [0.15, 0.2) is 11.6 Å². The fourth-order valence-corrected chi connectivity index (χ4v) is 2.57. The van der Waals surface area contributed by atoms with Gasteiger partial charge in [-0.25, -0.2) is 4.39 Å². The van der Waals surface area contributed by atoms with Crippen molar-refractivity contribution in [3.8, 4) is 11.4 Å². The van der Waals surface area contributed by atoms with Gasteiger partial charge in [0.25, 0.3) is 11.8 Å². The van der Waals surface area contributed by atoms with Crippen LogP contribution < -0.4 is 15.6 Å². The Hall–Kier alpha value is -3.87. The molecule has 28 heavy (non-hydrogen) atoms. The van der Waals surface area contributed by atoms with Crippen LogP contribution in [0.25, 0.3) is 11.8 Å². The number of rotatable bonds is 5. The SMILES string of the molecule is COc1ccc(/C=C/C(=O)NNC(=O)c2ccccc2-n2cccc2)cc1F. The molecule has 142 valence electrons. The lowest BCUT2D eigenvalue weighted by molar-refractivity contribution is -0.117. The first kappa shape index (κ1) is 18.9. The van der Waals surface area contributed by atoms with Crippen molar-refractivity contribution in [1.29, 1.82) is 0 Å². The third-order valence-electron chi connectivity index (χ3n) is 3.93. The summed E-state index contributed by atoms with van der Waals surface area (Å²) in [6.45, 7) is 0. The van der Waals surface area contributed by atoms with Crippen LogP contribution in [0, 0.1) is 5.82 Å². The third kappa shape index (κ3) is 4.45. The third-order valence-corrected chi connectivity index (χ3v) is 3.93. The van der Waals surface area contributed by atoms with Crippen molar-refractivity contribution in [3.05, 3.63) is 90.0 Å². The van der Waals surface area contributed by atoms with Gasteiger partial charge >= 0.3 is 0 Å². The van der Waals surface area contributed by atoms with Gasteiger partial charge in [0.1, 0.15) is 0 Å². The summed E-state index contributed by atoms with van der Waals surface area (Å²) in [6, 6.07) is 15.0. The smallest absolute Gasteiger partial charge is 0.271 e. The summed E-state index contributed by atoms with van der Waals surface area (Å²) in [6.07, 6.45) is 6.26. The fraction of sp³-hybridized carbons (Fsp3) is 0.0476. The molecule has 2 aromatic carbocycles. The fourth-order valence-electron chi connectivity index (χ4n) is 2.57. The molecule has 0 unspecified atom stereocenters. The summed E-state index contributed by atoms with van der Waals surface area (Å²) in [5.41, 5.74) is 6.25. The molecule has 3 rings (SSSR count). The zero-order valence-electron chi connectivity index (χ0n) is 15.1.